The van der Waals surface area contributed by atoms with E-state index in [1.165, 1.54) is 0 Å². The second-order valence-electron chi connectivity index (χ2n) is 10.6. The third kappa shape index (κ3) is 5.94. The number of ether oxygens (including phenoxy) is 3. The van der Waals surface area contributed by atoms with Crippen LogP contribution in [0.5, 0.6) is 17.2 Å². The summed E-state index contributed by atoms with van der Waals surface area (Å²) in [5.74, 6) is 0.318. The maximum absolute atomic E-state index is 13.5. The van der Waals surface area contributed by atoms with Gasteiger partial charge >= 0.3 is 0 Å². The number of amides is 1. The number of aliphatic hydroxyl groups is 1. The first-order valence-corrected chi connectivity index (χ1v) is 14.3. The van der Waals surface area contributed by atoms with Gasteiger partial charge in [-0.25, -0.2) is 4.98 Å². The summed E-state index contributed by atoms with van der Waals surface area (Å²) in [6.07, 6.45) is 9.72. The number of unbranched alkanes of at least 4 members (excludes halogenated alkanes) is 2. The summed E-state index contributed by atoms with van der Waals surface area (Å²) in [6, 6.07) is 10.0. The second-order valence-corrected chi connectivity index (χ2v) is 10.6. The molecule has 2 aromatic carbocycles. The van der Waals surface area contributed by atoms with E-state index in [9.17, 15) is 14.7 Å². The maximum atomic E-state index is 13.5. The average Bonchev–Trinajstić information content (AvgIpc) is 3.69. The van der Waals surface area contributed by atoms with Gasteiger partial charge in [0.2, 0.25) is 0 Å². The van der Waals surface area contributed by atoms with Crippen LogP contribution >= 0.6 is 0 Å². The zero-order chi connectivity index (χ0) is 28.9. The van der Waals surface area contributed by atoms with Crippen LogP contribution in [0.25, 0.3) is 5.76 Å². The number of benzene rings is 2. The van der Waals surface area contributed by atoms with E-state index in [0.29, 0.717) is 55.2 Å². The van der Waals surface area contributed by atoms with Gasteiger partial charge in [-0.3, -0.25) is 9.59 Å². The first-order chi connectivity index (χ1) is 19.9. The van der Waals surface area contributed by atoms with Crippen molar-refractivity contribution in [2.24, 2.45) is 0 Å². The van der Waals surface area contributed by atoms with Crippen molar-refractivity contribution in [3.05, 3.63) is 77.4 Å². The number of hydrogen-bond donors (Lipinski definition) is 1. The third-order valence-corrected chi connectivity index (χ3v) is 7.59. The number of fused-ring (bicyclic) bond motifs is 1. The van der Waals surface area contributed by atoms with Crippen LogP contribution in [0, 0.1) is 0 Å². The van der Waals surface area contributed by atoms with Crippen LogP contribution in [0.1, 0.15) is 62.3 Å². The van der Waals surface area contributed by atoms with Gasteiger partial charge in [0.05, 0.1) is 31.7 Å². The van der Waals surface area contributed by atoms with Gasteiger partial charge in [0.25, 0.3) is 11.7 Å². The van der Waals surface area contributed by atoms with Gasteiger partial charge in [-0.2, -0.15) is 0 Å². The molecule has 9 nitrogen and oxygen atoms in total. The predicted octanol–water partition coefficient (Wildman–Crippen LogP) is 5.30. The fourth-order valence-corrected chi connectivity index (χ4v) is 5.53. The molecule has 2 atom stereocenters. The monoisotopic (exact) mass is 559 g/mol. The zero-order valence-electron chi connectivity index (χ0n) is 23.8. The molecule has 2 aliphatic heterocycles. The Morgan fingerprint density at radius 3 is 2.71 bits per heavy atom. The van der Waals surface area contributed by atoms with Crippen LogP contribution in [-0.2, 0) is 22.6 Å². The molecular weight excluding hydrogens is 522 g/mol. The molecule has 216 valence electrons. The number of rotatable bonds is 12. The van der Waals surface area contributed by atoms with Crippen LogP contribution in [-0.4, -0.2) is 57.6 Å². The van der Waals surface area contributed by atoms with E-state index in [1.807, 2.05) is 29.8 Å². The van der Waals surface area contributed by atoms with E-state index >= 15 is 0 Å². The third-order valence-electron chi connectivity index (χ3n) is 7.59. The molecule has 0 saturated carbocycles. The van der Waals surface area contributed by atoms with Crippen LogP contribution in [0.2, 0.25) is 0 Å². The quantitative estimate of drug-likeness (QED) is 0.139. The minimum absolute atomic E-state index is 0.0404. The average molecular weight is 560 g/mol. The molecule has 1 fully saturated rings. The largest absolute Gasteiger partial charge is 0.507 e. The zero-order valence-corrected chi connectivity index (χ0v) is 23.8. The molecule has 9 heteroatoms. The van der Waals surface area contributed by atoms with Crippen molar-refractivity contribution in [2.45, 2.75) is 64.6 Å². The first-order valence-electron chi connectivity index (χ1n) is 14.3. The van der Waals surface area contributed by atoms with Crippen molar-refractivity contribution in [3.8, 4) is 17.2 Å². The van der Waals surface area contributed by atoms with E-state index < -0.39 is 17.7 Å². The molecule has 1 aromatic heterocycles. The minimum atomic E-state index is -0.788. The number of carbonyl (C=O) groups is 2. The number of Topliss-reactive ketones (excluding diaryl/α,β-unsaturated/α-hetero) is 1. The van der Waals surface area contributed by atoms with E-state index in [-0.39, 0.29) is 17.4 Å². The van der Waals surface area contributed by atoms with Crippen molar-refractivity contribution in [1.82, 2.24) is 14.5 Å². The van der Waals surface area contributed by atoms with Gasteiger partial charge in [0.15, 0.2) is 11.5 Å². The molecule has 1 N–H and O–H groups in total. The first kappa shape index (κ1) is 28.3. The smallest absolute Gasteiger partial charge is 0.295 e. The summed E-state index contributed by atoms with van der Waals surface area (Å²) in [5.41, 5.74) is 2.15. The SMILES string of the molecule is CCCCCOc1ccc([C@H]2C(=C(O)c3ccc4c(c3)C[C@@H](C)O4)C(=O)C(=O)N2CCCn2ccnc2)cc1OC. The standard InChI is InChI=1S/C32H37N3O6/c1-4-5-6-16-40-26-11-8-22(19-27(26)39-3)29-28(30(36)23-9-10-25-24(18-23)17-21(2)41-25)31(37)32(38)35(29)14-7-13-34-15-12-33-20-34/h8-12,15,18-21,29,36H,4-7,13-14,16-17H2,1-3H3/t21-,29+/m1/s1. The lowest BCUT2D eigenvalue weighted by atomic mass is 9.94. The molecule has 0 aliphatic carbocycles. The van der Waals surface area contributed by atoms with Gasteiger partial charge < -0.3 is 28.8 Å². The summed E-state index contributed by atoms with van der Waals surface area (Å²) in [6.45, 7) is 5.64. The molecule has 3 aromatic rings. The molecular formula is C32H37N3O6. The van der Waals surface area contributed by atoms with Crippen LogP contribution in [0.4, 0.5) is 0 Å². The van der Waals surface area contributed by atoms with Gasteiger partial charge in [-0.1, -0.05) is 25.8 Å². The van der Waals surface area contributed by atoms with E-state index in [2.05, 4.69) is 11.9 Å². The van der Waals surface area contributed by atoms with Crippen LogP contribution < -0.4 is 14.2 Å². The minimum Gasteiger partial charge on any atom is -0.507 e. The number of hydrogen-bond acceptors (Lipinski definition) is 7. The molecule has 0 unspecified atom stereocenters. The highest BCUT2D eigenvalue weighted by atomic mass is 16.5. The Morgan fingerprint density at radius 2 is 1.95 bits per heavy atom. The summed E-state index contributed by atoms with van der Waals surface area (Å²) in [4.78, 5) is 32.5. The van der Waals surface area contributed by atoms with Crippen molar-refractivity contribution in [2.75, 3.05) is 20.3 Å². The van der Waals surface area contributed by atoms with Gasteiger partial charge in [-0.15, -0.1) is 0 Å². The van der Waals surface area contributed by atoms with E-state index in [0.717, 1.165) is 30.6 Å². The Labute approximate surface area is 240 Å². The predicted molar refractivity (Wildman–Crippen MR) is 154 cm³/mol. The lowest BCUT2D eigenvalue weighted by molar-refractivity contribution is -0.139. The molecule has 1 amide bonds. The van der Waals surface area contributed by atoms with Crippen molar-refractivity contribution < 1.29 is 28.9 Å². The maximum Gasteiger partial charge on any atom is 0.295 e. The summed E-state index contributed by atoms with van der Waals surface area (Å²) < 4.78 is 19.3. The molecule has 3 heterocycles. The van der Waals surface area contributed by atoms with Gasteiger partial charge in [0.1, 0.15) is 17.6 Å². The molecule has 0 spiro atoms. The van der Waals surface area contributed by atoms with Crippen LogP contribution in [0.15, 0.2) is 60.7 Å². The number of ketones is 1. The fourth-order valence-electron chi connectivity index (χ4n) is 5.53. The van der Waals surface area contributed by atoms with Gasteiger partial charge in [0, 0.05) is 37.5 Å². The Kier molecular flexibility index (Phi) is 8.61. The van der Waals surface area contributed by atoms with Crippen molar-refractivity contribution in [1.29, 1.82) is 0 Å². The molecule has 1 saturated heterocycles. The Bertz CT molecular complexity index is 1430. The number of aliphatic hydroxyl groups excluding tert-OH is 1. The molecule has 2 aliphatic rings. The topological polar surface area (TPSA) is 103 Å². The molecule has 0 bridgehead atoms. The van der Waals surface area contributed by atoms with E-state index in [4.69, 9.17) is 14.2 Å². The summed E-state index contributed by atoms with van der Waals surface area (Å²) >= 11 is 0. The van der Waals surface area contributed by atoms with Crippen molar-refractivity contribution in [3.63, 3.8) is 0 Å². The molecule has 41 heavy (non-hydrogen) atoms. The number of methoxy groups -OCH3 is 1. The Balaban J connectivity index is 1.51. The number of likely N-dealkylation sites (tertiary alicyclic amines) is 1. The number of aromatic nitrogens is 2. The number of aryl methyl sites for hydroxylation is 1. The lowest BCUT2D eigenvalue weighted by Crippen LogP contribution is -2.31. The van der Waals surface area contributed by atoms with E-state index in [1.54, 1.807) is 48.8 Å². The van der Waals surface area contributed by atoms with Gasteiger partial charge in [-0.05, 0) is 61.2 Å². The Morgan fingerprint density at radius 1 is 1.10 bits per heavy atom. The molecule has 0 radical (unpaired) electrons. The number of carbonyl (C=O) groups excluding carboxylic acids is 2. The highest BCUT2D eigenvalue weighted by molar-refractivity contribution is 6.46. The van der Waals surface area contributed by atoms with Crippen molar-refractivity contribution >= 4 is 17.4 Å². The fraction of sp³-hybridized carbons (Fsp3) is 0.406. The highest BCUT2D eigenvalue weighted by Crippen LogP contribution is 2.43. The normalized spacial score (nSPS) is 19.3. The van der Waals surface area contributed by atoms with Crippen LogP contribution in [0.3, 0.4) is 0 Å². The highest BCUT2D eigenvalue weighted by Gasteiger charge is 2.46. The Hall–Kier alpha value is -4.27. The lowest BCUT2D eigenvalue weighted by Gasteiger charge is -2.26. The second kappa shape index (κ2) is 12.5. The summed E-state index contributed by atoms with van der Waals surface area (Å²) in [7, 11) is 1.56. The summed E-state index contributed by atoms with van der Waals surface area (Å²) in [5, 5.41) is 11.5. The number of nitrogens with zero attached hydrogens (tertiary/aromatic N) is 3. The molecule has 5 rings (SSSR count). The number of imidazole rings is 1.